The van der Waals surface area contributed by atoms with Gasteiger partial charge in [-0.05, 0) is 37.8 Å². The van der Waals surface area contributed by atoms with Gasteiger partial charge in [0.05, 0.1) is 12.2 Å². The fourth-order valence-electron chi connectivity index (χ4n) is 3.04. The van der Waals surface area contributed by atoms with Crippen molar-refractivity contribution in [3.05, 3.63) is 23.7 Å². The number of aryl methyl sites for hydroxylation is 1. The Morgan fingerprint density at radius 3 is 2.94 bits per heavy atom. The highest BCUT2D eigenvalue weighted by Crippen LogP contribution is 2.41. The van der Waals surface area contributed by atoms with Gasteiger partial charge in [0, 0.05) is 19.6 Å². The Hall–Kier alpha value is -0.840. The molecule has 1 spiro atoms. The Labute approximate surface area is 107 Å². The summed E-state index contributed by atoms with van der Waals surface area (Å²) in [7, 11) is 0. The number of aliphatic hydroxyl groups is 1. The van der Waals surface area contributed by atoms with Gasteiger partial charge in [0.2, 0.25) is 0 Å². The first-order valence-corrected chi connectivity index (χ1v) is 6.65. The lowest BCUT2D eigenvalue weighted by molar-refractivity contribution is -0.119. The number of hydrogen-bond acceptors (Lipinski definition) is 4. The van der Waals surface area contributed by atoms with E-state index in [9.17, 15) is 5.11 Å². The van der Waals surface area contributed by atoms with Gasteiger partial charge in [0.15, 0.2) is 0 Å². The molecule has 2 fully saturated rings. The normalized spacial score (nSPS) is 34.0. The Bertz CT molecular complexity index is 406. The molecular weight excluding hydrogens is 232 g/mol. The summed E-state index contributed by atoms with van der Waals surface area (Å²) in [5.41, 5.74) is -0.161. The molecule has 0 bridgehead atoms. The van der Waals surface area contributed by atoms with E-state index in [0.717, 1.165) is 31.6 Å². The zero-order valence-electron chi connectivity index (χ0n) is 10.7. The lowest BCUT2D eigenvalue weighted by Crippen LogP contribution is -2.41. The first kappa shape index (κ1) is 12.2. The highest BCUT2D eigenvalue weighted by molar-refractivity contribution is 5.10. The summed E-state index contributed by atoms with van der Waals surface area (Å²) >= 11 is 0. The topological polar surface area (TPSA) is 51.8 Å². The molecule has 2 aliphatic rings. The second-order valence-electron chi connectivity index (χ2n) is 5.48. The van der Waals surface area contributed by atoms with E-state index in [2.05, 4.69) is 0 Å². The van der Waals surface area contributed by atoms with Crippen molar-refractivity contribution in [3.63, 3.8) is 0 Å². The molecule has 0 saturated carbocycles. The van der Waals surface area contributed by atoms with Gasteiger partial charge in [-0.3, -0.25) is 0 Å². The molecule has 1 aromatic heterocycles. The third-order valence-corrected chi connectivity index (χ3v) is 4.10. The molecule has 18 heavy (non-hydrogen) atoms. The van der Waals surface area contributed by atoms with E-state index in [1.807, 2.05) is 19.1 Å². The molecule has 4 heteroatoms. The van der Waals surface area contributed by atoms with E-state index in [1.54, 1.807) is 0 Å². The number of furan rings is 1. The van der Waals surface area contributed by atoms with Crippen LogP contribution in [0.2, 0.25) is 0 Å². The summed E-state index contributed by atoms with van der Waals surface area (Å²) in [4.78, 5) is 0. The number of rotatable bonds is 2. The molecule has 3 rings (SSSR count). The standard InChI is InChI=1S/C14H20O4/c1-10-2-3-12(18-10)13(15)11-4-6-17-14(8-11)5-7-16-9-14/h2-3,11,13,15H,4-9H2,1H3. The highest BCUT2D eigenvalue weighted by Gasteiger charge is 2.43. The molecule has 0 amide bonds. The molecule has 0 aliphatic carbocycles. The maximum absolute atomic E-state index is 10.4. The maximum atomic E-state index is 10.4. The number of hydrogen-bond donors (Lipinski definition) is 1. The zero-order chi connectivity index (χ0) is 12.6. The highest BCUT2D eigenvalue weighted by atomic mass is 16.6. The second-order valence-corrected chi connectivity index (χ2v) is 5.48. The summed E-state index contributed by atoms with van der Waals surface area (Å²) in [6.45, 7) is 4.02. The lowest BCUT2D eigenvalue weighted by atomic mass is 9.81. The predicted molar refractivity (Wildman–Crippen MR) is 65.2 cm³/mol. The fourth-order valence-corrected chi connectivity index (χ4v) is 3.04. The van der Waals surface area contributed by atoms with Gasteiger partial charge < -0.3 is 19.0 Å². The molecule has 1 aromatic rings. The Balaban J connectivity index is 1.72. The summed E-state index contributed by atoms with van der Waals surface area (Å²) in [6, 6.07) is 3.76. The van der Waals surface area contributed by atoms with Gasteiger partial charge in [-0.2, -0.15) is 0 Å². The van der Waals surface area contributed by atoms with E-state index >= 15 is 0 Å². The first-order valence-electron chi connectivity index (χ1n) is 6.65. The van der Waals surface area contributed by atoms with Crippen LogP contribution in [-0.2, 0) is 9.47 Å². The van der Waals surface area contributed by atoms with E-state index < -0.39 is 6.10 Å². The van der Waals surface area contributed by atoms with E-state index in [1.165, 1.54) is 0 Å². The van der Waals surface area contributed by atoms with Gasteiger partial charge >= 0.3 is 0 Å². The number of aliphatic hydroxyl groups excluding tert-OH is 1. The maximum Gasteiger partial charge on any atom is 0.132 e. The summed E-state index contributed by atoms with van der Waals surface area (Å²) in [5.74, 6) is 1.72. The van der Waals surface area contributed by atoms with E-state index in [0.29, 0.717) is 19.0 Å². The molecule has 4 nitrogen and oxygen atoms in total. The average molecular weight is 252 g/mol. The molecule has 0 radical (unpaired) electrons. The van der Waals surface area contributed by atoms with Crippen LogP contribution < -0.4 is 0 Å². The van der Waals surface area contributed by atoms with E-state index in [4.69, 9.17) is 13.9 Å². The predicted octanol–water partition coefficient (Wildman–Crippen LogP) is 2.21. The van der Waals surface area contributed by atoms with Crippen LogP contribution in [0.4, 0.5) is 0 Å². The Kier molecular flexibility index (Phi) is 3.18. The Morgan fingerprint density at radius 2 is 2.28 bits per heavy atom. The van der Waals surface area contributed by atoms with Crippen molar-refractivity contribution in [1.29, 1.82) is 0 Å². The van der Waals surface area contributed by atoms with Crippen LogP contribution >= 0.6 is 0 Å². The van der Waals surface area contributed by atoms with Crippen molar-refractivity contribution in [1.82, 2.24) is 0 Å². The minimum absolute atomic E-state index is 0.161. The molecule has 2 saturated heterocycles. The lowest BCUT2D eigenvalue weighted by Gasteiger charge is -2.38. The third-order valence-electron chi connectivity index (χ3n) is 4.10. The van der Waals surface area contributed by atoms with Crippen LogP contribution in [0.1, 0.15) is 36.9 Å². The minimum atomic E-state index is -0.528. The van der Waals surface area contributed by atoms with Crippen molar-refractivity contribution >= 4 is 0 Å². The quantitative estimate of drug-likeness (QED) is 0.876. The smallest absolute Gasteiger partial charge is 0.132 e. The van der Waals surface area contributed by atoms with E-state index in [-0.39, 0.29) is 11.5 Å². The SMILES string of the molecule is Cc1ccc(C(O)C2CCOC3(CCOC3)C2)o1. The minimum Gasteiger partial charge on any atom is -0.464 e. The first-order chi connectivity index (χ1) is 8.69. The molecule has 3 unspecified atom stereocenters. The third kappa shape index (κ3) is 2.20. The van der Waals surface area contributed by atoms with Gasteiger partial charge in [-0.15, -0.1) is 0 Å². The monoisotopic (exact) mass is 252 g/mol. The van der Waals surface area contributed by atoms with Crippen LogP contribution in [0.15, 0.2) is 16.5 Å². The van der Waals surface area contributed by atoms with Crippen LogP contribution in [0.25, 0.3) is 0 Å². The van der Waals surface area contributed by atoms with Crippen LogP contribution in [-0.4, -0.2) is 30.5 Å². The summed E-state index contributed by atoms with van der Waals surface area (Å²) in [5, 5.41) is 10.4. The van der Waals surface area contributed by atoms with Crippen molar-refractivity contribution in [2.45, 2.75) is 37.9 Å². The molecule has 0 aromatic carbocycles. The molecule has 1 N–H and O–H groups in total. The molecule has 2 aliphatic heterocycles. The molecule has 3 heterocycles. The van der Waals surface area contributed by atoms with Crippen molar-refractivity contribution in [3.8, 4) is 0 Å². The fraction of sp³-hybridized carbons (Fsp3) is 0.714. The molecular formula is C14H20O4. The summed E-state index contributed by atoms with van der Waals surface area (Å²) < 4.78 is 16.9. The van der Waals surface area contributed by atoms with Gasteiger partial charge in [0.1, 0.15) is 17.6 Å². The van der Waals surface area contributed by atoms with Crippen LogP contribution in [0.5, 0.6) is 0 Å². The van der Waals surface area contributed by atoms with Gasteiger partial charge in [0.25, 0.3) is 0 Å². The summed E-state index contributed by atoms with van der Waals surface area (Å²) in [6.07, 6.45) is 2.14. The van der Waals surface area contributed by atoms with Gasteiger partial charge in [-0.25, -0.2) is 0 Å². The Morgan fingerprint density at radius 1 is 1.39 bits per heavy atom. The molecule has 100 valence electrons. The van der Waals surface area contributed by atoms with Crippen LogP contribution in [0, 0.1) is 12.8 Å². The zero-order valence-corrected chi connectivity index (χ0v) is 10.7. The van der Waals surface area contributed by atoms with Crippen molar-refractivity contribution < 1.29 is 19.0 Å². The second kappa shape index (κ2) is 4.68. The van der Waals surface area contributed by atoms with Crippen LogP contribution in [0.3, 0.4) is 0 Å². The molecule has 3 atom stereocenters. The number of ether oxygens (including phenoxy) is 2. The van der Waals surface area contributed by atoms with Crippen molar-refractivity contribution in [2.75, 3.05) is 19.8 Å². The average Bonchev–Trinajstić information content (AvgIpc) is 2.98. The van der Waals surface area contributed by atoms with Crippen molar-refractivity contribution in [2.24, 2.45) is 5.92 Å². The van der Waals surface area contributed by atoms with Gasteiger partial charge in [-0.1, -0.05) is 0 Å². The largest absolute Gasteiger partial charge is 0.464 e.